The third kappa shape index (κ3) is 5.08. The Kier molecular flexibility index (Phi) is 6.57. The summed E-state index contributed by atoms with van der Waals surface area (Å²) in [5.41, 5.74) is 2.36. The number of para-hydroxylation sites is 2. The second kappa shape index (κ2) is 8.87. The fourth-order valence-electron chi connectivity index (χ4n) is 2.57. The van der Waals surface area contributed by atoms with Gasteiger partial charge in [0, 0.05) is 25.6 Å². The SMILES string of the molecule is CCOc1ccccc1N(CCNC(=O)c1cccc(C)c1)C(C)=O. The largest absolute Gasteiger partial charge is 0.492 e. The van der Waals surface area contributed by atoms with Crippen LogP contribution in [0.25, 0.3) is 0 Å². The molecule has 132 valence electrons. The van der Waals surface area contributed by atoms with Crippen molar-refractivity contribution in [3.63, 3.8) is 0 Å². The molecule has 5 heteroatoms. The highest BCUT2D eigenvalue weighted by atomic mass is 16.5. The van der Waals surface area contributed by atoms with Crippen LogP contribution in [0.2, 0.25) is 0 Å². The van der Waals surface area contributed by atoms with Gasteiger partial charge in [-0.3, -0.25) is 9.59 Å². The molecule has 5 nitrogen and oxygen atoms in total. The van der Waals surface area contributed by atoms with Crippen molar-refractivity contribution in [2.24, 2.45) is 0 Å². The first kappa shape index (κ1) is 18.5. The molecule has 0 radical (unpaired) electrons. The Morgan fingerprint density at radius 2 is 1.88 bits per heavy atom. The molecule has 0 fully saturated rings. The van der Waals surface area contributed by atoms with Gasteiger partial charge in [0.25, 0.3) is 5.91 Å². The van der Waals surface area contributed by atoms with E-state index < -0.39 is 0 Å². The zero-order valence-electron chi connectivity index (χ0n) is 14.9. The molecule has 0 aliphatic carbocycles. The Morgan fingerprint density at radius 1 is 1.12 bits per heavy atom. The summed E-state index contributed by atoms with van der Waals surface area (Å²) in [4.78, 5) is 25.9. The van der Waals surface area contributed by atoms with E-state index in [0.717, 1.165) is 5.56 Å². The van der Waals surface area contributed by atoms with Crippen LogP contribution in [0.1, 0.15) is 29.8 Å². The Hall–Kier alpha value is -2.82. The standard InChI is InChI=1S/C20H24N2O3/c1-4-25-19-11-6-5-10-18(19)22(16(3)23)13-12-21-20(24)17-9-7-8-15(2)14-17/h5-11,14H,4,12-13H2,1-3H3,(H,21,24). The van der Waals surface area contributed by atoms with Gasteiger partial charge in [-0.1, -0.05) is 29.8 Å². The van der Waals surface area contributed by atoms with Crippen LogP contribution in [0.5, 0.6) is 5.75 Å². The van der Waals surface area contributed by atoms with Crippen LogP contribution >= 0.6 is 0 Å². The lowest BCUT2D eigenvalue weighted by Crippen LogP contribution is -2.37. The molecule has 0 saturated carbocycles. The maximum absolute atomic E-state index is 12.2. The molecular formula is C20H24N2O3. The summed E-state index contributed by atoms with van der Waals surface area (Å²) in [6, 6.07) is 14.8. The molecule has 0 aliphatic heterocycles. The Balaban J connectivity index is 2.03. The Morgan fingerprint density at radius 3 is 2.56 bits per heavy atom. The summed E-state index contributed by atoms with van der Waals surface area (Å²) >= 11 is 0. The number of amides is 2. The van der Waals surface area contributed by atoms with Crippen LogP contribution in [0.15, 0.2) is 48.5 Å². The number of carbonyl (C=O) groups is 2. The van der Waals surface area contributed by atoms with Crippen molar-refractivity contribution in [1.82, 2.24) is 5.32 Å². The van der Waals surface area contributed by atoms with Crippen molar-refractivity contribution in [2.45, 2.75) is 20.8 Å². The quantitative estimate of drug-likeness (QED) is 0.842. The third-order valence-corrected chi connectivity index (χ3v) is 3.74. The van der Waals surface area contributed by atoms with Crippen LogP contribution in [-0.4, -0.2) is 31.5 Å². The van der Waals surface area contributed by atoms with Gasteiger partial charge in [0.15, 0.2) is 0 Å². The Labute approximate surface area is 148 Å². The highest BCUT2D eigenvalue weighted by Gasteiger charge is 2.16. The van der Waals surface area contributed by atoms with E-state index in [9.17, 15) is 9.59 Å². The van der Waals surface area contributed by atoms with E-state index >= 15 is 0 Å². The van der Waals surface area contributed by atoms with Crippen molar-refractivity contribution in [2.75, 3.05) is 24.6 Å². The lowest BCUT2D eigenvalue weighted by atomic mass is 10.1. The second-order valence-corrected chi connectivity index (χ2v) is 5.70. The van der Waals surface area contributed by atoms with Crippen molar-refractivity contribution in [1.29, 1.82) is 0 Å². The number of carbonyl (C=O) groups excluding carboxylic acids is 2. The number of benzene rings is 2. The van der Waals surface area contributed by atoms with Crippen molar-refractivity contribution in [3.8, 4) is 5.75 Å². The van der Waals surface area contributed by atoms with E-state index in [4.69, 9.17) is 4.74 Å². The summed E-state index contributed by atoms with van der Waals surface area (Å²) in [6.45, 7) is 6.59. The van der Waals surface area contributed by atoms with Crippen LogP contribution in [0.3, 0.4) is 0 Å². The minimum Gasteiger partial charge on any atom is -0.492 e. The molecule has 2 aromatic rings. The van der Waals surface area contributed by atoms with E-state index in [2.05, 4.69) is 5.32 Å². The van der Waals surface area contributed by atoms with Gasteiger partial charge in [0.1, 0.15) is 5.75 Å². The lowest BCUT2D eigenvalue weighted by Gasteiger charge is -2.23. The first-order valence-corrected chi connectivity index (χ1v) is 8.37. The first-order chi connectivity index (χ1) is 12.0. The monoisotopic (exact) mass is 340 g/mol. The average molecular weight is 340 g/mol. The molecule has 0 aliphatic rings. The molecular weight excluding hydrogens is 316 g/mol. The number of hydrogen-bond donors (Lipinski definition) is 1. The highest BCUT2D eigenvalue weighted by Crippen LogP contribution is 2.27. The van der Waals surface area contributed by atoms with Gasteiger partial charge in [-0.05, 0) is 38.1 Å². The van der Waals surface area contributed by atoms with Crippen LogP contribution in [-0.2, 0) is 4.79 Å². The van der Waals surface area contributed by atoms with E-state index in [-0.39, 0.29) is 11.8 Å². The highest BCUT2D eigenvalue weighted by molar-refractivity contribution is 5.95. The number of rotatable bonds is 7. The minimum atomic E-state index is -0.148. The molecule has 25 heavy (non-hydrogen) atoms. The number of hydrogen-bond acceptors (Lipinski definition) is 3. The summed E-state index contributed by atoms with van der Waals surface area (Å²) in [5, 5.41) is 2.86. The van der Waals surface area contributed by atoms with Gasteiger partial charge in [-0.2, -0.15) is 0 Å². The summed E-state index contributed by atoms with van der Waals surface area (Å²) in [6.07, 6.45) is 0. The predicted octanol–water partition coefficient (Wildman–Crippen LogP) is 3.18. The molecule has 0 bridgehead atoms. The molecule has 0 heterocycles. The zero-order chi connectivity index (χ0) is 18.2. The minimum absolute atomic E-state index is 0.100. The van der Waals surface area contributed by atoms with Gasteiger partial charge in [-0.15, -0.1) is 0 Å². The third-order valence-electron chi connectivity index (χ3n) is 3.74. The van der Waals surface area contributed by atoms with Gasteiger partial charge < -0.3 is 15.0 Å². The van der Waals surface area contributed by atoms with Crippen molar-refractivity contribution >= 4 is 17.5 Å². The van der Waals surface area contributed by atoms with Gasteiger partial charge >= 0.3 is 0 Å². The van der Waals surface area contributed by atoms with E-state index in [1.165, 1.54) is 6.92 Å². The van der Waals surface area contributed by atoms with Crippen LogP contribution in [0, 0.1) is 6.92 Å². The molecule has 2 rings (SSSR count). The van der Waals surface area contributed by atoms with Gasteiger partial charge in [0.05, 0.1) is 12.3 Å². The fourth-order valence-corrected chi connectivity index (χ4v) is 2.57. The molecule has 1 N–H and O–H groups in total. The molecule has 2 amide bonds. The van der Waals surface area contributed by atoms with E-state index in [0.29, 0.717) is 36.7 Å². The van der Waals surface area contributed by atoms with Gasteiger partial charge in [-0.25, -0.2) is 0 Å². The summed E-state index contributed by atoms with van der Waals surface area (Å²) in [7, 11) is 0. The molecule has 0 spiro atoms. The molecule has 0 unspecified atom stereocenters. The lowest BCUT2D eigenvalue weighted by molar-refractivity contribution is -0.116. The number of aryl methyl sites for hydroxylation is 1. The van der Waals surface area contributed by atoms with Gasteiger partial charge in [0.2, 0.25) is 5.91 Å². The van der Waals surface area contributed by atoms with Crippen molar-refractivity contribution < 1.29 is 14.3 Å². The second-order valence-electron chi connectivity index (χ2n) is 5.70. The number of ether oxygens (including phenoxy) is 1. The maximum atomic E-state index is 12.2. The maximum Gasteiger partial charge on any atom is 0.251 e. The Bertz CT molecular complexity index is 743. The first-order valence-electron chi connectivity index (χ1n) is 8.37. The molecule has 0 atom stereocenters. The summed E-state index contributed by atoms with van der Waals surface area (Å²) in [5.74, 6) is 0.410. The van der Waals surface area contributed by atoms with Crippen LogP contribution in [0.4, 0.5) is 5.69 Å². The van der Waals surface area contributed by atoms with E-state index in [1.54, 1.807) is 11.0 Å². The molecule has 0 saturated heterocycles. The van der Waals surface area contributed by atoms with E-state index in [1.807, 2.05) is 56.3 Å². The van der Waals surface area contributed by atoms with Crippen molar-refractivity contribution in [3.05, 3.63) is 59.7 Å². The molecule has 0 aromatic heterocycles. The number of anilines is 1. The summed E-state index contributed by atoms with van der Waals surface area (Å²) < 4.78 is 5.60. The topological polar surface area (TPSA) is 58.6 Å². The fraction of sp³-hybridized carbons (Fsp3) is 0.300. The normalized spacial score (nSPS) is 10.2. The molecule has 2 aromatic carbocycles. The number of nitrogens with zero attached hydrogens (tertiary/aromatic N) is 1. The number of nitrogens with one attached hydrogen (secondary N) is 1. The predicted molar refractivity (Wildman–Crippen MR) is 99.2 cm³/mol. The smallest absolute Gasteiger partial charge is 0.251 e. The van der Waals surface area contributed by atoms with Crippen LogP contribution < -0.4 is 15.0 Å². The zero-order valence-corrected chi connectivity index (χ0v) is 14.9. The average Bonchev–Trinajstić information content (AvgIpc) is 2.59.